The van der Waals surface area contributed by atoms with E-state index in [9.17, 15) is 14.0 Å². The van der Waals surface area contributed by atoms with Crippen LogP contribution in [0.2, 0.25) is 0 Å². The van der Waals surface area contributed by atoms with Crippen molar-refractivity contribution in [1.29, 1.82) is 0 Å². The molecular formula is C28H30FN3O3. The van der Waals surface area contributed by atoms with E-state index in [1.165, 1.54) is 24.3 Å². The van der Waals surface area contributed by atoms with E-state index in [4.69, 9.17) is 4.74 Å². The molecule has 0 aliphatic carbocycles. The summed E-state index contributed by atoms with van der Waals surface area (Å²) in [4.78, 5) is 28.2. The minimum atomic E-state index is -0.367. The first-order valence-corrected chi connectivity index (χ1v) is 11.8. The normalized spacial score (nSPS) is 18.0. The molecule has 2 N–H and O–H groups in total. The fourth-order valence-corrected chi connectivity index (χ4v) is 4.32. The lowest BCUT2D eigenvalue weighted by Crippen LogP contribution is -2.49. The largest absolute Gasteiger partial charge is 0.492 e. The van der Waals surface area contributed by atoms with Crippen LogP contribution in [0.5, 0.6) is 5.75 Å². The lowest BCUT2D eigenvalue weighted by atomic mass is 9.87. The molecule has 7 heteroatoms. The van der Waals surface area contributed by atoms with E-state index in [1.807, 2.05) is 60.7 Å². The van der Waals surface area contributed by atoms with E-state index < -0.39 is 0 Å². The fourth-order valence-electron chi connectivity index (χ4n) is 4.32. The average Bonchev–Trinajstić information content (AvgIpc) is 2.89. The number of rotatable bonds is 9. The van der Waals surface area contributed by atoms with Crippen molar-refractivity contribution >= 4 is 17.5 Å². The topological polar surface area (TPSA) is 70.7 Å². The minimum absolute atomic E-state index is 0.0843. The molecule has 0 aromatic heterocycles. The van der Waals surface area contributed by atoms with Crippen LogP contribution in [0.1, 0.15) is 12.0 Å². The molecule has 1 heterocycles. The molecule has 35 heavy (non-hydrogen) atoms. The van der Waals surface area contributed by atoms with Crippen molar-refractivity contribution in [3.05, 3.63) is 96.3 Å². The van der Waals surface area contributed by atoms with Gasteiger partial charge in [0.05, 0.1) is 18.4 Å². The summed E-state index contributed by atoms with van der Waals surface area (Å²) in [5, 5.41) is 5.83. The molecule has 1 fully saturated rings. The molecule has 3 aromatic carbocycles. The second-order valence-corrected chi connectivity index (χ2v) is 8.76. The molecule has 1 saturated heterocycles. The van der Waals surface area contributed by atoms with Gasteiger partial charge in [0, 0.05) is 25.3 Å². The fraction of sp³-hybridized carbons (Fsp3) is 0.286. The second-order valence-electron chi connectivity index (χ2n) is 8.76. The average molecular weight is 476 g/mol. The third-order valence-electron chi connectivity index (χ3n) is 6.04. The summed E-state index contributed by atoms with van der Waals surface area (Å²) in [7, 11) is 0. The Labute approximate surface area is 205 Å². The number of anilines is 1. The van der Waals surface area contributed by atoms with Gasteiger partial charge in [0.1, 0.15) is 18.2 Å². The number of amides is 2. The SMILES string of the molecule is O=C(NCCOc1ccccc1)[C@H]1C[C@@H](C(=O)Nc2ccc(F)cc2)CN(Cc2ccccc2)C1. The number of likely N-dealkylation sites (tertiary alicyclic amines) is 1. The Morgan fingerprint density at radius 2 is 1.49 bits per heavy atom. The third kappa shape index (κ3) is 7.39. The number of para-hydroxylation sites is 1. The van der Waals surface area contributed by atoms with Crippen LogP contribution in [0, 0.1) is 17.7 Å². The maximum atomic E-state index is 13.2. The maximum Gasteiger partial charge on any atom is 0.228 e. The number of carbonyl (C=O) groups is 2. The van der Waals surface area contributed by atoms with Crippen molar-refractivity contribution in [3.63, 3.8) is 0 Å². The standard InChI is InChI=1S/C28H30FN3O3/c29-24-11-13-25(14-12-24)31-28(34)23-17-22(19-32(20-23)18-21-7-3-1-4-8-21)27(33)30-15-16-35-26-9-5-2-6-10-26/h1-14,22-23H,15-20H2,(H,30,33)(H,31,34)/t22-,23+/m0/s1. The summed E-state index contributed by atoms with van der Waals surface area (Å²) in [6.45, 7) is 2.52. The predicted octanol–water partition coefficient (Wildman–Crippen LogP) is 4.10. The van der Waals surface area contributed by atoms with Gasteiger partial charge in [-0.1, -0.05) is 48.5 Å². The highest BCUT2D eigenvalue weighted by Crippen LogP contribution is 2.25. The van der Waals surface area contributed by atoms with Gasteiger partial charge in [-0.15, -0.1) is 0 Å². The smallest absolute Gasteiger partial charge is 0.228 e. The first kappa shape index (κ1) is 24.4. The highest BCUT2D eigenvalue weighted by Gasteiger charge is 2.35. The molecule has 0 saturated carbocycles. The predicted molar refractivity (Wildman–Crippen MR) is 133 cm³/mol. The highest BCUT2D eigenvalue weighted by molar-refractivity contribution is 5.93. The van der Waals surface area contributed by atoms with Crippen LogP contribution in [0.3, 0.4) is 0 Å². The molecule has 0 unspecified atom stereocenters. The van der Waals surface area contributed by atoms with Crippen molar-refractivity contribution in [2.45, 2.75) is 13.0 Å². The Morgan fingerprint density at radius 1 is 0.857 bits per heavy atom. The number of halogens is 1. The number of benzene rings is 3. The lowest BCUT2D eigenvalue weighted by Gasteiger charge is -2.36. The molecule has 0 spiro atoms. The number of nitrogens with zero attached hydrogens (tertiary/aromatic N) is 1. The molecule has 2 amide bonds. The number of ether oxygens (including phenoxy) is 1. The first-order valence-electron chi connectivity index (χ1n) is 11.8. The van der Waals surface area contributed by atoms with E-state index in [0.717, 1.165) is 11.3 Å². The van der Waals surface area contributed by atoms with E-state index >= 15 is 0 Å². The van der Waals surface area contributed by atoms with Crippen molar-refractivity contribution in [2.24, 2.45) is 11.8 Å². The summed E-state index contributed by atoms with van der Waals surface area (Å²) >= 11 is 0. The van der Waals surface area contributed by atoms with E-state index in [1.54, 1.807) is 0 Å². The molecule has 182 valence electrons. The zero-order valence-corrected chi connectivity index (χ0v) is 19.5. The zero-order chi connectivity index (χ0) is 24.5. The summed E-state index contributed by atoms with van der Waals surface area (Å²) in [6.07, 6.45) is 0.448. The van der Waals surface area contributed by atoms with Crippen LogP contribution in [-0.4, -0.2) is 43.0 Å². The molecule has 6 nitrogen and oxygen atoms in total. The Morgan fingerprint density at radius 3 is 2.17 bits per heavy atom. The first-order chi connectivity index (χ1) is 17.1. The van der Waals surface area contributed by atoms with Crippen LogP contribution in [0.4, 0.5) is 10.1 Å². The van der Waals surface area contributed by atoms with Crippen molar-refractivity contribution in [2.75, 3.05) is 31.6 Å². The van der Waals surface area contributed by atoms with Gasteiger partial charge >= 0.3 is 0 Å². The van der Waals surface area contributed by atoms with Crippen LogP contribution in [0.25, 0.3) is 0 Å². The Bertz CT molecular complexity index is 1090. The number of hydrogen-bond donors (Lipinski definition) is 2. The quantitative estimate of drug-likeness (QED) is 0.457. The van der Waals surface area contributed by atoms with Gasteiger partial charge < -0.3 is 15.4 Å². The van der Waals surface area contributed by atoms with Crippen molar-refractivity contribution < 1.29 is 18.7 Å². The van der Waals surface area contributed by atoms with Gasteiger partial charge in [0.15, 0.2) is 0 Å². The molecule has 2 atom stereocenters. The molecule has 0 bridgehead atoms. The number of hydrogen-bond acceptors (Lipinski definition) is 4. The van der Waals surface area contributed by atoms with Gasteiger partial charge in [-0.25, -0.2) is 4.39 Å². The Kier molecular flexibility index (Phi) is 8.46. The minimum Gasteiger partial charge on any atom is -0.492 e. The molecule has 1 aliphatic heterocycles. The molecule has 3 aromatic rings. The van der Waals surface area contributed by atoms with Crippen LogP contribution in [-0.2, 0) is 16.1 Å². The summed E-state index contributed by atoms with van der Waals surface area (Å²) in [5.41, 5.74) is 1.66. The summed E-state index contributed by atoms with van der Waals surface area (Å²) in [5.74, 6) is -0.547. The molecule has 0 radical (unpaired) electrons. The van der Waals surface area contributed by atoms with E-state index in [-0.39, 0.29) is 29.5 Å². The summed E-state index contributed by atoms with van der Waals surface area (Å²) < 4.78 is 18.9. The number of piperidine rings is 1. The van der Waals surface area contributed by atoms with Gasteiger partial charge in [-0.3, -0.25) is 14.5 Å². The molecule has 1 aliphatic rings. The lowest BCUT2D eigenvalue weighted by molar-refractivity contribution is -0.130. The summed E-state index contributed by atoms with van der Waals surface area (Å²) in [6, 6.07) is 25.2. The second kappa shape index (κ2) is 12.1. The van der Waals surface area contributed by atoms with Crippen LogP contribution < -0.4 is 15.4 Å². The molecular weight excluding hydrogens is 445 g/mol. The van der Waals surface area contributed by atoms with Crippen LogP contribution >= 0.6 is 0 Å². The van der Waals surface area contributed by atoms with Gasteiger partial charge in [0.25, 0.3) is 0 Å². The highest BCUT2D eigenvalue weighted by atomic mass is 19.1. The van der Waals surface area contributed by atoms with Crippen molar-refractivity contribution in [1.82, 2.24) is 10.2 Å². The number of carbonyl (C=O) groups excluding carboxylic acids is 2. The third-order valence-corrected chi connectivity index (χ3v) is 6.04. The monoisotopic (exact) mass is 475 g/mol. The Hall–Kier alpha value is -3.71. The Balaban J connectivity index is 1.37. The maximum absolute atomic E-state index is 13.2. The van der Waals surface area contributed by atoms with Gasteiger partial charge in [-0.05, 0) is 48.4 Å². The van der Waals surface area contributed by atoms with Crippen LogP contribution in [0.15, 0.2) is 84.9 Å². The van der Waals surface area contributed by atoms with Gasteiger partial charge in [0.2, 0.25) is 11.8 Å². The van der Waals surface area contributed by atoms with Crippen molar-refractivity contribution in [3.8, 4) is 5.75 Å². The number of nitrogens with one attached hydrogen (secondary N) is 2. The van der Waals surface area contributed by atoms with E-state index in [0.29, 0.717) is 44.9 Å². The zero-order valence-electron chi connectivity index (χ0n) is 19.5. The molecule has 4 rings (SSSR count). The van der Waals surface area contributed by atoms with Gasteiger partial charge in [-0.2, -0.15) is 0 Å². The van der Waals surface area contributed by atoms with E-state index in [2.05, 4.69) is 15.5 Å².